The van der Waals surface area contributed by atoms with Crippen molar-refractivity contribution in [1.29, 1.82) is 0 Å². The molecule has 1 aromatic carbocycles. The Hall–Kier alpha value is -1.20. The number of carbonyl (C=O) groups excluding carboxylic acids is 1. The van der Waals surface area contributed by atoms with Crippen LogP contribution in [0.25, 0.3) is 0 Å². The van der Waals surface area contributed by atoms with Gasteiger partial charge in [0.15, 0.2) is 0 Å². The molecular formula is C14H22N2O2S. The Kier molecular flexibility index (Phi) is 6.73. The van der Waals surface area contributed by atoms with Gasteiger partial charge in [0.05, 0.1) is 12.4 Å². The molecule has 1 amide bonds. The van der Waals surface area contributed by atoms with Crippen LogP contribution in [0, 0.1) is 0 Å². The first-order valence-corrected chi connectivity index (χ1v) is 7.14. The topological polar surface area (TPSA) is 41.6 Å². The molecule has 5 heteroatoms. The zero-order valence-corrected chi connectivity index (χ0v) is 12.8. The van der Waals surface area contributed by atoms with E-state index in [1.807, 2.05) is 50.2 Å². The minimum Gasteiger partial charge on any atom is -0.497 e. The summed E-state index contributed by atoms with van der Waals surface area (Å²) < 4.78 is 5.10. The molecule has 0 heterocycles. The molecule has 0 fully saturated rings. The molecular weight excluding hydrogens is 260 g/mol. The van der Waals surface area contributed by atoms with Crippen LogP contribution in [-0.2, 0) is 4.79 Å². The van der Waals surface area contributed by atoms with Gasteiger partial charge in [-0.3, -0.25) is 4.79 Å². The number of nitrogens with zero attached hydrogens (tertiary/aromatic N) is 1. The summed E-state index contributed by atoms with van der Waals surface area (Å²) in [6.45, 7) is 3.45. The second-order valence-electron chi connectivity index (χ2n) is 4.53. The maximum absolute atomic E-state index is 11.9. The number of thioether (sulfide) groups is 1. The van der Waals surface area contributed by atoms with Crippen molar-refractivity contribution in [1.82, 2.24) is 10.2 Å². The van der Waals surface area contributed by atoms with E-state index in [1.54, 1.807) is 18.9 Å². The van der Waals surface area contributed by atoms with Gasteiger partial charge in [-0.15, -0.1) is 11.8 Å². The predicted molar refractivity (Wildman–Crippen MR) is 79.9 cm³/mol. The highest BCUT2D eigenvalue weighted by Gasteiger charge is 2.13. The molecule has 1 atom stereocenters. The van der Waals surface area contributed by atoms with Crippen LogP contribution >= 0.6 is 11.8 Å². The molecule has 4 nitrogen and oxygen atoms in total. The quantitative estimate of drug-likeness (QED) is 0.775. The first-order valence-electron chi connectivity index (χ1n) is 6.26. The Balaban J connectivity index is 2.40. The molecule has 1 aromatic rings. The zero-order chi connectivity index (χ0) is 14.3. The standard InChI is InChI=1S/C14H22N2O2S/c1-11(14(17)15-9-10-16(2)3)19-13-7-5-12(18-4)6-8-13/h5-8,11H,9-10H2,1-4H3,(H,15,17)/t11-/m0/s1. The monoisotopic (exact) mass is 282 g/mol. The van der Waals surface area contributed by atoms with Crippen LogP contribution in [-0.4, -0.2) is 50.4 Å². The van der Waals surface area contributed by atoms with Gasteiger partial charge in [0.1, 0.15) is 5.75 Å². The summed E-state index contributed by atoms with van der Waals surface area (Å²) in [6.07, 6.45) is 0. The number of hydrogen-bond acceptors (Lipinski definition) is 4. The number of amides is 1. The first-order chi connectivity index (χ1) is 9.02. The number of carbonyl (C=O) groups is 1. The largest absolute Gasteiger partial charge is 0.497 e. The third kappa shape index (κ3) is 5.98. The molecule has 1 N–H and O–H groups in total. The summed E-state index contributed by atoms with van der Waals surface area (Å²) in [5.74, 6) is 0.898. The van der Waals surface area contributed by atoms with Crippen molar-refractivity contribution in [3.63, 3.8) is 0 Å². The van der Waals surface area contributed by atoms with Crippen LogP contribution in [0.1, 0.15) is 6.92 Å². The van der Waals surface area contributed by atoms with Crippen molar-refractivity contribution < 1.29 is 9.53 Å². The van der Waals surface area contributed by atoms with Crippen molar-refractivity contribution in [3.8, 4) is 5.75 Å². The van der Waals surface area contributed by atoms with Gasteiger partial charge >= 0.3 is 0 Å². The number of ether oxygens (including phenoxy) is 1. The third-order valence-electron chi connectivity index (χ3n) is 2.60. The van der Waals surface area contributed by atoms with Gasteiger partial charge in [0, 0.05) is 18.0 Å². The fraction of sp³-hybridized carbons (Fsp3) is 0.500. The lowest BCUT2D eigenvalue weighted by Crippen LogP contribution is -2.35. The molecule has 0 aliphatic carbocycles. The van der Waals surface area contributed by atoms with Crippen molar-refractivity contribution in [3.05, 3.63) is 24.3 Å². The van der Waals surface area contributed by atoms with Gasteiger partial charge in [-0.25, -0.2) is 0 Å². The molecule has 0 radical (unpaired) electrons. The van der Waals surface area contributed by atoms with Crippen LogP contribution in [0.5, 0.6) is 5.75 Å². The first kappa shape index (κ1) is 15.9. The SMILES string of the molecule is COc1ccc(S[C@@H](C)C(=O)NCCN(C)C)cc1. The normalized spacial score (nSPS) is 12.3. The molecule has 0 saturated heterocycles. The molecule has 0 aliphatic heterocycles. The second kappa shape index (κ2) is 8.07. The number of rotatable bonds is 7. The van der Waals surface area contributed by atoms with E-state index in [4.69, 9.17) is 4.74 Å². The lowest BCUT2D eigenvalue weighted by molar-refractivity contribution is -0.120. The zero-order valence-electron chi connectivity index (χ0n) is 12.0. The molecule has 0 unspecified atom stereocenters. The van der Waals surface area contributed by atoms with E-state index >= 15 is 0 Å². The summed E-state index contributed by atoms with van der Waals surface area (Å²) in [5, 5.41) is 2.83. The van der Waals surface area contributed by atoms with E-state index in [1.165, 1.54) is 0 Å². The summed E-state index contributed by atoms with van der Waals surface area (Å²) in [7, 11) is 5.62. The summed E-state index contributed by atoms with van der Waals surface area (Å²) in [5.41, 5.74) is 0. The van der Waals surface area contributed by atoms with Crippen LogP contribution in [0.4, 0.5) is 0 Å². The highest BCUT2D eigenvalue weighted by atomic mass is 32.2. The van der Waals surface area contributed by atoms with Gasteiger partial charge in [-0.2, -0.15) is 0 Å². The molecule has 1 rings (SSSR count). The average molecular weight is 282 g/mol. The molecule has 0 spiro atoms. The Morgan fingerprint density at radius 2 is 2.00 bits per heavy atom. The molecule has 0 aromatic heterocycles. The van der Waals surface area contributed by atoms with Gasteiger partial charge < -0.3 is 15.0 Å². The summed E-state index contributed by atoms with van der Waals surface area (Å²) in [6, 6.07) is 7.73. The fourth-order valence-electron chi connectivity index (χ4n) is 1.46. The van der Waals surface area contributed by atoms with Gasteiger partial charge in [-0.05, 0) is 45.3 Å². The number of likely N-dealkylation sites (N-methyl/N-ethyl adjacent to an activating group) is 1. The fourth-order valence-corrected chi connectivity index (χ4v) is 2.35. The highest BCUT2D eigenvalue weighted by molar-refractivity contribution is 8.00. The lowest BCUT2D eigenvalue weighted by atomic mass is 10.3. The Labute approximate surface area is 119 Å². The average Bonchev–Trinajstić information content (AvgIpc) is 2.39. The maximum Gasteiger partial charge on any atom is 0.233 e. The highest BCUT2D eigenvalue weighted by Crippen LogP contribution is 2.25. The Morgan fingerprint density at radius 1 is 1.37 bits per heavy atom. The predicted octanol–water partition coefficient (Wildman–Crippen LogP) is 1.85. The van der Waals surface area contributed by atoms with Crippen molar-refractivity contribution in [2.75, 3.05) is 34.3 Å². The van der Waals surface area contributed by atoms with Crippen LogP contribution in [0.3, 0.4) is 0 Å². The van der Waals surface area contributed by atoms with Crippen LogP contribution in [0.15, 0.2) is 29.2 Å². The molecule has 0 aliphatic rings. The van der Waals surface area contributed by atoms with Crippen LogP contribution < -0.4 is 10.1 Å². The van der Waals surface area contributed by atoms with Crippen molar-refractivity contribution >= 4 is 17.7 Å². The Bertz CT molecular complexity index is 393. The smallest absolute Gasteiger partial charge is 0.233 e. The van der Waals surface area contributed by atoms with E-state index in [2.05, 4.69) is 5.32 Å². The molecule has 19 heavy (non-hydrogen) atoms. The van der Waals surface area contributed by atoms with E-state index in [9.17, 15) is 4.79 Å². The van der Waals surface area contributed by atoms with E-state index in [0.29, 0.717) is 6.54 Å². The molecule has 0 saturated carbocycles. The Morgan fingerprint density at radius 3 is 2.53 bits per heavy atom. The third-order valence-corrected chi connectivity index (χ3v) is 3.71. The van der Waals surface area contributed by atoms with E-state index in [0.717, 1.165) is 17.2 Å². The summed E-state index contributed by atoms with van der Waals surface area (Å²) in [4.78, 5) is 15.0. The van der Waals surface area contributed by atoms with Gasteiger partial charge in [0.2, 0.25) is 5.91 Å². The minimum absolute atomic E-state index is 0.0719. The second-order valence-corrected chi connectivity index (χ2v) is 5.94. The number of methoxy groups -OCH3 is 1. The number of hydrogen-bond donors (Lipinski definition) is 1. The maximum atomic E-state index is 11.9. The van der Waals surface area contributed by atoms with Crippen molar-refractivity contribution in [2.45, 2.75) is 17.1 Å². The van der Waals surface area contributed by atoms with Gasteiger partial charge in [-0.1, -0.05) is 0 Å². The minimum atomic E-state index is -0.101. The van der Waals surface area contributed by atoms with E-state index < -0.39 is 0 Å². The van der Waals surface area contributed by atoms with E-state index in [-0.39, 0.29) is 11.2 Å². The number of benzene rings is 1. The molecule has 0 bridgehead atoms. The van der Waals surface area contributed by atoms with Crippen molar-refractivity contribution in [2.24, 2.45) is 0 Å². The van der Waals surface area contributed by atoms with Crippen LogP contribution in [0.2, 0.25) is 0 Å². The number of nitrogens with one attached hydrogen (secondary N) is 1. The van der Waals surface area contributed by atoms with Gasteiger partial charge in [0.25, 0.3) is 0 Å². The lowest BCUT2D eigenvalue weighted by Gasteiger charge is -2.14. The summed E-state index contributed by atoms with van der Waals surface area (Å²) >= 11 is 1.55. The molecule has 106 valence electrons.